The van der Waals surface area contributed by atoms with E-state index in [0.717, 1.165) is 28.4 Å². The number of fused-ring (bicyclic) bond motifs is 1. The number of amides is 2. The summed E-state index contributed by atoms with van der Waals surface area (Å²) in [7, 11) is -3.13. The van der Waals surface area contributed by atoms with Crippen molar-refractivity contribution < 1.29 is 36.3 Å². The Kier molecular flexibility index (Phi) is 6.62. The first kappa shape index (κ1) is 25.4. The average molecular weight is 501 g/mol. The SMILES string of the molecule is C=CCOC(=O)N1C[C@@H]2[C@](c3ccc(F)cc3F)(C1)N=C(NC(=O)OC(C)(C)C)N(C)S2(=O)=O. The van der Waals surface area contributed by atoms with Crippen LogP contribution in [0.2, 0.25) is 0 Å². The summed E-state index contributed by atoms with van der Waals surface area (Å²) in [5.41, 5.74) is -3.03. The molecule has 0 radical (unpaired) electrons. The number of likely N-dealkylation sites (tertiary alicyclic amines) is 1. The predicted molar refractivity (Wildman–Crippen MR) is 118 cm³/mol. The van der Waals surface area contributed by atoms with Gasteiger partial charge < -0.3 is 14.4 Å². The molecule has 1 saturated heterocycles. The van der Waals surface area contributed by atoms with Crippen LogP contribution in [-0.2, 0) is 25.0 Å². The number of carbonyl (C=O) groups is 2. The lowest BCUT2D eigenvalue weighted by molar-refractivity contribution is 0.0558. The Bertz CT molecular complexity index is 1150. The normalized spacial score (nSPS) is 23.6. The van der Waals surface area contributed by atoms with Gasteiger partial charge in [0.2, 0.25) is 16.0 Å². The van der Waals surface area contributed by atoms with Gasteiger partial charge in [-0.05, 0) is 26.8 Å². The molecule has 2 amide bonds. The Morgan fingerprint density at radius 1 is 1.35 bits per heavy atom. The number of nitrogens with one attached hydrogen (secondary N) is 1. The number of carbonyl (C=O) groups excluding carboxylic acids is 2. The minimum Gasteiger partial charge on any atom is -0.445 e. The monoisotopic (exact) mass is 500 g/mol. The number of ether oxygens (including phenoxy) is 2. The lowest BCUT2D eigenvalue weighted by Crippen LogP contribution is -2.59. The van der Waals surface area contributed by atoms with E-state index in [1.165, 1.54) is 6.08 Å². The van der Waals surface area contributed by atoms with Crippen LogP contribution in [0.1, 0.15) is 26.3 Å². The molecule has 13 heteroatoms. The van der Waals surface area contributed by atoms with Crippen LogP contribution >= 0.6 is 0 Å². The smallest absolute Gasteiger partial charge is 0.414 e. The number of halogens is 2. The van der Waals surface area contributed by atoms with Gasteiger partial charge in [-0.3, -0.25) is 5.32 Å². The fraction of sp³-hybridized carbons (Fsp3) is 0.476. The van der Waals surface area contributed by atoms with E-state index in [0.29, 0.717) is 6.07 Å². The summed E-state index contributed by atoms with van der Waals surface area (Å²) in [4.78, 5) is 30.4. The molecule has 0 aromatic heterocycles. The van der Waals surface area contributed by atoms with Crippen LogP contribution in [-0.4, -0.2) is 73.4 Å². The largest absolute Gasteiger partial charge is 0.445 e. The highest BCUT2D eigenvalue weighted by atomic mass is 32.2. The first-order valence-electron chi connectivity index (χ1n) is 10.3. The van der Waals surface area contributed by atoms with E-state index in [4.69, 9.17) is 9.47 Å². The molecule has 3 rings (SSSR count). The van der Waals surface area contributed by atoms with Crippen LogP contribution < -0.4 is 5.32 Å². The van der Waals surface area contributed by atoms with Crippen LogP contribution in [0.25, 0.3) is 0 Å². The van der Waals surface area contributed by atoms with Gasteiger partial charge in [0.15, 0.2) is 0 Å². The van der Waals surface area contributed by atoms with Gasteiger partial charge in [0.05, 0.1) is 6.54 Å². The van der Waals surface area contributed by atoms with Gasteiger partial charge in [-0.15, -0.1) is 0 Å². The summed E-state index contributed by atoms with van der Waals surface area (Å²) in [5, 5.41) is 0.849. The van der Waals surface area contributed by atoms with Crippen LogP contribution in [0.4, 0.5) is 18.4 Å². The zero-order valence-corrected chi connectivity index (χ0v) is 20.0. The minimum atomic E-state index is -4.30. The first-order chi connectivity index (χ1) is 15.7. The third-order valence-electron chi connectivity index (χ3n) is 5.29. The number of benzene rings is 1. The average Bonchev–Trinajstić information content (AvgIpc) is 3.10. The van der Waals surface area contributed by atoms with Gasteiger partial charge in [0, 0.05) is 25.2 Å². The third-order valence-corrected chi connectivity index (χ3v) is 7.48. The minimum absolute atomic E-state index is 0.126. The van der Waals surface area contributed by atoms with Gasteiger partial charge in [-0.2, -0.15) is 0 Å². The molecular formula is C21H26F2N4O6S. The zero-order valence-electron chi connectivity index (χ0n) is 19.2. The number of sulfonamides is 1. The van der Waals surface area contributed by atoms with E-state index < -0.39 is 62.7 Å². The van der Waals surface area contributed by atoms with Crippen molar-refractivity contribution in [3.63, 3.8) is 0 Å². The lowest BCUT2D eigenvalue weighted by Gasteiger charge is -2.39. The van der Waals surface area contributed by atoms with Crippen LogP contribution in [0.5, 0.6) is 0 Å². The van der Waals surface area contributed by atoms with E-state index in [1.54, 1.807) is 20.8 Å². The topological polar surface area (TPSA) is 118 Å². The quantitative estimate of drug-likeness (QED) is 0.637. The van der Waals surface area contributed by atoms with Gasteiger partial charge in [-0.1, -0.05) is 18.7 Å². The Morgan fingerprint density at radius 2 is 2.03 bits per heavy atom. The second-order valence-electron chi connectivity index (χ2n) is 8.86. The van der Waals surface area contributed by atoms with E-state index in [1.807, 2.05) is 0 Å². The lowest BCUT2D eigenvalue weighted by atomic mass is 9.88. The highest BCUT2D eigenvalue weighted by Gasteiger charge is 2.61. The molecule has 0 aliphatic carbocycles. The Morgan fingerprint density at radius 3 is 2.62 bits per heavy atom. The molecule has 2 aliphatic heterocycles. The molecule has 0 saturated carbocycles. The van der Waals surface area contributed by atoms with E-state index in [-0.39, 0.29) is 18.7 Å². The fourth-order valence-corrected chi connectivity index (χ4v) is 5.67. The zero-order chi connectivity index (χ0) is 25.5. The van der Waals surface area contributed by atoms with E-state index in [9.17, 15) is 26.8 Å². The number of rotatable bonds is 3. The van der Waals surface area contributed by atoms with Gasteiger partial charge in [0.25, 0.3) is 0 Å². The highest BCUT2D eigenvalue weighted by molar-refractivity contribution is 7.90. The molecule has 2 heterocycles. The Balaban J connectivity index is 2.15. The number of guanidine groups is 1. The molecule has 1 N–H and O–H groups in total. The molecule has 10 nitrogen and oxygen atoms in total. The number of hydrogen-bond donors (Lipinski definition) is 1. The number of nitrogens with zero attached hydrogens (tertiary/aromatic N) is 3. The molecule has 2 aliphatic rings. The Hall–Kier alpha value is -3.22. The van der Waals surface area contributed by atoms with Crippen molar-refractivity contribution in [2.75, 3.05) is 26.7 Å². The van der Waals surface area contributed by atoms with Crippen LogP contribution in [0.3, 0.4) is 0 Å². The summed E-state index contributed by atoms with van der Waals surface area (Å²) in [5.74, 6) is -2.36. The summed E-state index contributed by atoms with van der Waals surface area (Å²) in [6.45, 7) is 7.40. The third kappa shape index (κ3) is 4.69. The molecule has 1 aromatic carbocycles. The molecular weight excluding hydrogens is 474 g/mol. The van der Waals surface area contributed by atoms with Crippen molar-refractivity contribution in [1.82, 2.24) is 14.5 Å². The van der Waals surface area contributed by atoms with Crippen molar-refractivity contribution in [1.29, 1.82) is 0 Å². The molecule has 0 spiro atoms. The maximum absolute atomic E-state index is 15.0. The van der Waals surface area contributed by atoms with Crippen molar-refractivity contribution >= 4 is 28.2 Å². The van der Waals surface area contributed by atoms with Gasteiger partial charge in [-0.25, -0.2) is 36.1 Å². The summed E-state index contributed by atoms with van der Waals surface area (Å²) >= 11 is 0. The van der Waals surface area contributed by atoms with E-state index in [2.05, 4.69) is 16.9 Å². The van der Waals surface area contributed by atoms with Crippen molar-refractivity contribution in [2.45, 2.75) is 37.2 Å². The number of alkyl carbamates (subject to hydrolysis) is 1. The second kappa shape index (κ2) is 8.85. The number of hydrogen-bond acceptors (Lipinski definition) is 7. The first-order valence-corrected chi connectivity index (χ1v) is 11.8. The fourth-order valence-electron chi connectivity index (χ4n) is 3.85. The maximum atomic E-state index is 15.0. The van der Waals surface area contributed by atoms with Crippen molar-refractivity contribution in [3.8, 4) is 0 Å². The summed E-state index contributed by atoms with van der Waals surface area (Å²) < 4.78 is 66.5. The molecule has 1 fully saturated rings. The van der Waals surface area contributed by atoms with Gasteiger partial charge >= 0.3 is 12.2 Å². The van der Waals surface area contributed by atoms with Crippen molar-refractivity contribution in [2.24, 2.45) is 4.99 Å². The molecule has 34 heavy (non-hydrogen) atoms. The highest BCUT2D eigenvalue weighted by Crippen LogP contribution is 2.44. The molecule has 186 valence electrons. The van der Waals surface area contributed by atoms with Crippen molar-refractivity contribution in [3.05, 3.63) is 48.1 Å². The molecule has 2 atom stereocenters. The van der Waals surface area contributed by atoms with Crippen LogP contribution in [0, 0.1) is 11.6 Å². The molecule has 0 unspecified atom stereocenters. The molecule has 0 bridgehead atoms. The van der Waals surface area contributed by atoms with E-state index >= 15 is 0 Å². The predicted octanol–water partition coefficient (Wildman–Crippen LogP) is 2.32. The van der Waals surface area contributed by atoms with Gasteiger partial charge in [0.1, 0.15) is 34.6 Å². The number of aliphatic imine (C=N–C) groups is 1. The Labute approximate surface area is 196 Å². The summed E-state index contributed by atoms with van der Waals surface area (Å²) in [6, 6.07) is 2.64. The molecule has 1 aromatic rings. The van der Waals surface area contributed by atoms with Crippen LogP contribution in [0.15, 0.2) is 35.8 Å². The summed E-state index contributed by atoms with van der Waals surface area (Å²) in [6.07, 6.45) is -0.505. The second-order valence-corrected chi connectivity index (χ2v) is 11.0. The maximum Gasteiger partial charge on any atom is 0.414 e. The standard InChI is InChI=1S/C21H26F2N4O6S/c1-6-9-32-19(29)27-11-16-21(12-27,14-8-7-13(22)10-15(14)23)25-17(26(5)34(16,30)31)24-18(28)33-20(2,3)4/h6-8,10,16H,1,9,11-12H2,2-5H3,(H,24,25,28)/t16-,21-/m1/s1.